The zero-order chi connectivity index (χ0) is 17.6. The quantitative estimate of drug-likeness (QED) is 0.261. The maximum absolute atomic E-state index is 6.00. The highest BCUT2D eigenvalue weighted by atomic mass is 127. The number of hydrogen-bond acceptors (Lipinski definition) is 4. The summed E-state index contributed by atoms with van der Waals surface area (Å²) in [5.74, 6) is 1.62. The van der Waals surface area contributed by atoms with Gasteiger partial charge in [-0.25, -0.2) is 0 Å². The molecule has 4 aromatic rings. The smallest absolute Gasteiger partial charge is 0.177 e. The predicted molar refractivity (Wildman–Crippen MR) is 118 cm³/mol. The summed E-state index contributed by atoms with van der Waals surface area (Å²) in [4.78, 5) is 0.979. The van der Waals surface area contributed by atoms with Crippen LogP contribution in [0.2, 0.25) is 4.34 Å². The lowest BCUT2D eigenvalue weighted by Crippen LogP contribution is -1.99. The Hall–Kier alpha value is -0.780. The number of aromatic nitrogens is 2. The molecule has 0 aliphatic carbocycles. The Bertz CT molecular complexity index is 1070. The molecule has 0 radical (unpaired) electrons. The van der Waals surface area contributed by atoms with E-state index in [2.05, 4.69) is 67.2 Å². The number of rotatable bonds is 4. The molecule has 0 atom stereocenters. The van der Waals surface area contributed by atoms with Gasteiger partial charge in [0.1, 0.15) is 11.4 Å². The molecule has 0 bridgehead atoms. The lowest BCUT2D eigenvalue weighted by molar-refractivity contribution is 0.419. The molecule has 25 heavy (non-hydrogen) atoms. The molecule has 0 unspecified atom stereocenters. The fourth-order valence-corrected chi connectivity index (χ4v) is 5.35. The second-order valence-electron chi connectivity index (χ2n) is 5.36. The molecule has 4 rings (SSSR count). The molecule has 8 heteroatoms. The normalized spacial score (nSPS) is 11.4. The van der Waals surface area contributed by atoms with Crippen LogP contribution in [-0.4, -0.2) is 16.8 Å². The second kappa shape index (κ2) is 7.09. The molecule has 0 fully saturated rings. The van der Waals surface area contributed by atoms with Crippen LogP contribution in [-0.2, 0) is 6.54 Å². The Morgan fingerprint density at radius 3 is 2.80 bits per heavy atom. The van der Waals surface area contributed by atoms with Crippen molar-refractivity contribution in [1.29, 1.82) is 0 Å². The average molecular weight is 597 g/mol. The van der Waals surface area contributed by atoms with E-state index in [1.165, 1.54) is 14.9 Å². The summed E-state index contributed by atoms with van der Waals surface area (Å²) < 4.78 is 16.3. The molecule has 0 saturated heterocycles. The minimum absolute atomic E-state index is 0.630. The van der Waals surface area contributed by atoms with Crippen molar-refractivity contribution in [2.75, 3.05) is 7.11 Å². The standard InChI is InChI=1S/C17H11ClI2N2O2S/c1-23-12-3-2-10(19)17-16(12)11(20)8-22(17)7-9-6-13(24-21-9)14-4-5-15(18)25-14/h2-6,8H,7H2,1H3. The van der Waals surface area contributed by atoms with Gasteiger partial charge in [-0.3, -0.25) is 0 Å². The van der Waals surface area contributed by atoms with E-state index in [1.807, 2.05) is 24.3 Å². The fourth-order valence-electron chi connectivity index (χ4n) is 2.74. The molecule has 3 heterocycles. The zero-order valence-corrected chi connectivity index (χ0v) is 18.8. The van der Waals surface area contributed by atoms with Crippen LogP contribution in [0.3, 0.4) is 0 Å². The van der Waals surface area contributed by atoms with Crippen LogP contribution in [0.25, 0.3) is 21.5 Å². The first-order chi connectivity index (χ1) is 12.1. The highest BCUT2D eigenvalue weighted by Crippen LogP contribution is 2.35. The number of halogens is 3. The molecule has 1 aromatic carbocycles. The first-order valence-corrected chi connectivity index (χ1v) is 10.6. The van der Waals surface area contributed by atoms with Gasteiger partial charge >= 0.3 is 0 Å². The number of thiophene rings is 1. The van der Waals surface area contributed by atoms with Crippen LogP contribution < -0.4 is 4.74 Å². The Morgan fingerprint density at radius 2 is 2.08 bits per heavy atom. The average Bonchev–Trinajstić information content (AvgIpc) is 3.29. The lowest BCUT2D eigenvalue weighted by atomic mass is 10.2. The third-order valence-electron chi connectivity index (χ3n) is 3.81. The Labute approximate surface area is 180 Å². The van der Waals surface area contributed by atoms with E-state index in [4.69, 9.17) is 20.9 Å². The highest BCUT2D eigenvalue weighted by molar-refractivity contribution is 14.1. The lowest BCUT2D eigenvalue weighted by Gasteiger charge is -2.07. The molecule has 0 spiro atoms. The van der Waals surface area contributed by atoms with Crippen LogP contribution in [0.15, 0.2) is 41.1 Å². The molecular formula is C17H11ClI2N2O2S. The Balaban J connectivity index is 1.73. The fraction of sp³-hybridized carbons (Fsp3) is 0.118. The summed E-state index contributed by atoms with van der Waals surface area (Å²) in [5, 5.41) is 5.35. The van der Waals surface area contributed by atoms with Crippen molar-refractivity contribution < 1.29 is 9.26 Å². The van der Waals surface area contributed by atoms with E-state index in [0.717, 1.165) is 40.9 Å². The summed E-state index contributed by atoms with van der Waals surface area (Å²) in [6.45, 7) is 0.630. The molecule has 0 N–H and O–H groups in total. The summed E-state index contributed by atoms with van der Waals surface area (Å²) in [7, 11) is 1.70. The molecule has 3 aromatic heterocycles. The van der Waals surface area contributed by atoms with Gasteiger partial charge in [0.05, 0.1) is 33.8 Å². The van der Waals surface area contributed by atoms with E-state index in [0.29, 0.717) is 6.54 Å². The molecule has 128 valence electrons. The van der Waals surface area contributed by atoms with Gasteiger partial charge in [-0.05, 0) is 69.4 Å². The summed E-state index contributed by atoms with van der Waals surface area (Å²) in [6, 6.07) is 9.84. The van der Waals surface area contributed by atoms with Gasteiger partial charge in [0, 0.05) is 19.4 Å². The van der Waals surface area contributed by atoms with Gasteiger partial charge in [-0.1, -0.05) is 16.8 Å². The predicted octanol–water partition coefficient (Wildman–Crippen LogP) is 6.28. The number of benzene rings is 1. The first kappa shape index (κ1) is 17.6. The van der Waals surface area contributed by atoms with Crippen LogP contribution in [0, 0.1) is 7.14 Å². The minimum Gasteiger partial charge on any atom is -0.496 e. The van der Waals surface area contributed by atoms with Crippen molar-refractivity contribution >= 4 is 79.0 Å². The van der Waals surface area contributed by atoms with Gasteiger partial charge in [-0.2, -0.15) is 0 Å². The third-order valence-corrected chi connectivity index (χ3v) is 6.75. The van der Waals surface area contributed by atoms with Crippen LogP contribution in [0.5, 0.6) is 5.75 Å². The van der Waals surface area contributed by atoms with E-state index in [9.17, 15) is 0 Å². The summed E-state index contributed by atoms with van der Waals surface area (Å²) in [5.41, 5.74) is 2.01. The third kappa shape index (κ3) is 3.31. The molecule has 0 aliphatic heterocycles. The first-order valence-electron chi connectivity index (χ1n) is 7.29. The van der Waals surface area contributed by atoms with Crippen molar-refractivity contribution in [1.82, 2.24) is 9.72 Å². The Kier molecular flexibility index (Phi) is 5.00. The van der Waals surface area contributed by atoms with Crippen molar-refractivity contribution in [3.63, 3.8) is 0 Å². The summed E-state index contributed by atoms with van der Waals surface area (Å²) in [6.07, 6.45) is 2.12. The number of hydrogen-bond donors (Lipinski definition) is 0. The molecule has 0 aliphatic rings. The van der Waals surface area contributed by atoms with Crippen molar-refractivity contribution in [2.45, 2.75) is 6.54 Å². The van der Waals surface area contributed by atoms with Crippen molar-refractivity contribution in [3.8, 4) is 16.4 Å². The second-order valence-corrected chi connectivity index (χ2v) is 9.40. The van der Waals surface area contributed by atoms with Crippen LogP contribution in [0.1, 0.15) is 5.69 Å². The molecule has 0 saturated carbocycles. The number of nitrogens with zero attached hydrogens (tertiary/aromatic N) is 2. The maximum atomic E-state index is 6.00. The SMILES string of the molecule is COc1ccc(I)c2c1c(I)cn2Cc1cc(-c2ccc(Cl)s2)on1. The van der Waals surface area contributed by atoms with Gasteiger partial charge in [0.2, 0.25) is 0 Å². The largest absolute Gasteiger partial charge is 0.496 e. The van der Waals surface area contributed by atoms with Gasteiger partial charge in [0.15, 0.2) is 5.76 Å². The summed E-state index contributed by atoms with van der Waals surface area (Å²) >= 11 is 12.2. The van der Waals surface area contributed by atoms with Gasteiger partial charge < -0.3 is 13.8 Å². The van der Waals surface area contributed by atoms with Crippen molar-refractivity contribution in [3.05, 3.63) is 53.7 Å². The highest BCUT2D eigenvalue weighted by Gasteiger charge is 2.16. The van der Waals surface area contributed by atoms with Gasteiger partial charge in [-0.15, -0.1) is 11.3 Å². The molecule has 4 nitrogen and oxygen atoms in total. The topological polar surface area (TPSA) is 40.2 Å². The Morgan fingerprint density at radius 1 is 1.24 bits per heavy atom. The monoisotopic (exact) mass is 596 g/mol. The van der Waals surface area contributed by atoms with E-state index in [1.54, 1.807) is 7.11 Å². The van der Waals surface area contributed by atoms with E-state index in [-0.39, 0.29) is 0 Å². The van der Waals surface area contributed by atoms with Gasteiger partial charge in [0.25, 0.3) is 0 Å². The minimum atomic E-state index is 0.630. The molecular weight excluding hydrogens is 586 g/mol. The van der Waals surface area contributed by atoms with E-state index < -0.39 is 0 Å². The van der Waals surface area contributed by atoms with Crippen LogP contribution >= 0.6 is 68.1 Å². The number of methoxy groups -OCH3 is 1. The molecule has 0 amide bonds. The van der Waals surface area contributed by atoms with Crippen molar-refractivity contribution in [2.24, 2.45) is 0 Å². The van der Waals surface area contributed by atoms with Crippen LogP contribution in [0.4, 0.5) is 0 Å². The number of ether oxygens (including phenoxy) is 1. The maximum Gasteiger partial charge on any atom is 0.177 e. The zero-order valence-electron chi connectivity index (χ0n) is 12.9. The number of fused-ring (bicyclic) bond motifs is 1. The van der Waals surface area contributed by atoms with E-state index >= 15 is 0 Å².